The molecule has 1 fully saturated rings. The maximum absolute atomic E-state index is 12.3. The van der Waals surface area contributed by atoms with Gasteiger partial charge in [-0.2, -0.15) is 0 Å². The van der Waals surface area contributed by atoms with E-state index in [0.29, 0.717) is 0 Å². The van der Waals surface area contributed by atoms with Crippen molar-refractivity contribution in [2.75, 3.05) is 6.61 Å². The van der Waals surface area contributed by atoms with Gasteiger partial charge in [0.2, 0.25) is 0 Å². The molecular formula is C19H36N2O5. The first-order valence-corrected chi connectivity index (χ1v) is 9.51. The zero-order valence-electron chi connectivity index (χ0n) is 17.1. The molecule has 1 aliphatic rings. The topological polar surface area (TPSA) is 96.9 Å². The second-order valence-corrected chi connectivity index (χ2v) is 9.01. The minimum Gasteiger partial charge on any atom is -0.444 e. The lowest BCUT2D eigenvalue weighted by atomic mass is 9.81. The van der Waals surface area contributed by atoms with E-state index in [1.54, 1.807) is 41.5 Å². The molecule has 0 saturated heterocycles. The van der Waals surface area contributed by atoms with E-state index in [0.717, 1.165) is 25.7 Å². The SMILES string of the molecule is CC(C)(C)OC(=O)N[C@@H](CO)[C@@H](NC(=O)OC(C)(C)C)C1CCCCC1. The van der Waals surface area contributed by atoms with Crippen molar-refractivity contribution in [3.63, 3.8) is 0 Å². The zero-order valence-corrected chi connectivity index (χ0v) is 17.1. The summed E-state index contributed by atoms with van der Waals surface area (Å²) in [4.78, 5) is 24.4. The molecule has 7 heteroatoms. The fourth-order valence-electron chi connectivity index (χ4n) is 3.19. The van der Waals surface area contributed by atoms with Crippen molar-refractivity contribution in [2.24, 2.45) is 5.92 Å². The predicted octanol–water partition coefficient (Wildman–Crippen LogP) is 3.35. The Hall–Kier alpha value is -1.50. The van der Waals surface area contributed by atoms with Crippen LogP contribution in [0, 0.1) is 5.92 Å². The van der Waals surface area contributed by atoms with Crippen LogP contribution >= 0.6 is 0 Å². The molecule has 0 aromatic heterocycles. The third-order valence-electron chi connectivity index (χ3n) is 4.17. The van der Waals surface area contributed by atoms with E-state index < -0.39 is 35.5 Å². The summed E-state index contributed by atoms with van der Waals surface area (Å²) in [5, 5.41) is 15.4. The molecule has 2 atom stereocenters. The van der Waals surface area contributed by atoms with Gasteiger partial charge < -0.3 is 25.2 Å². The Kier molecular flexibility index (Phi) is 8.18. The number of carbonyl (C=O) groups is 2. The Bertz CT molecular complexity index is 462. The van der Waals surface area contributed by atoms with Crippen LogP contribution in [-0.2, 0) is 9.47 Å². The molecule has 1 rings (SSSR count). The standard InChI is InChI=1S/C19H36N2O5/c1-18(2,3)25-16(23)20-14(12-22)15(13-10-8-7-9-11-13)21-17(24)26-19(4,5)6/h13-15,22H,7-12H2,1-6H3,(H,20,23)(H,21,24)/t14-,15-/m0/s1. The van der Waals surface area contributed by atoms with Gasteiger partial charge in [0.05, 0.1) is 18.7 Å². The highest BCUT2D eigenvalue weighted by molar-refractivity contribution is 5.70. The lowest BCUT2D eigenvalue weighted by Crippen LogP contribution is -2.58. The highest BCUT2D eigenvalue weighted by atomic mass is 16.6. The monoisotopic (exact) mass is 372 g/mol. The van der Waals surface area contributed by atoms with Gasteiger partial charge >= 0.3 is 12.2 Å². The Labute approximate surface area is 157 Å². The van der Waals surface area contributed by atoms with Crippen LogP contribution in [0.2, 0.25) is 0 Å². The smallest absolute Gasteiger partial charge is 0.408 e. The normalized spacial score (nSPS) is 18.6. The number of ether oxygens (including phenoxy) is 2. The van der Waals surface area contributed by atoms with Gasteiger partial charge in [-0.1, -0.05) is 19.3 Å². The molecule has 0 aliphatic heterocycles. The molecule has 0 unspecified atom stereocenters. The van der Waals surface area contributed by atoms with Crippen molar-refractivity contribution in [2.45, 2.75) is 96.9 Å². The molecule has 0 aromatic carbocycles. The van der Waals surface area contributed by atoms with Crippen LogP contribution in [-0.4, -0.2) is 47.2 Å². The average molecular weight is 373 g/mol. The summed E-state index contributed by atoms with van der Waals surface area (Å²) in [6.45, 7) is 10.4. The van der Waals surface area contributed by atoms with Gasteiger partial charge in [0.15, 0.2) is 0 Å². The van der Waals surface area contributed by atoms with Crippen molar-refractivity contribution in [3.05, 3.63) is 0 Å². The minimum absolute atomic E-state index is 0.170. The average Bonchev–Trinajstić information content (AvgIpc) is 2.48. The molecule has 1 saturated carbocycles. The molecule has 0 bridgehead atoms. The van der Waals surface area contributed by atoms with Crippen molar-refractivity contribution >= 4 is 12.2 Å². The number of aliphatic hydroxyl groups excluding tert-OH is 1. The molecule has 2 amide bonds. The number of nitrogens with one attached hydrogen (secondary N) is 2. The number of carbonyl (C=O) groups excluding carboxylic acids is 2. The highest BCUT2D eigenvalue weighted by Crippen LogP contribution is 2.28. The van der Waals surface area contributed by atoms with Crippen LogP contribution in [0.15, 0.2) is 0 Å². The third-order valence-corrected chi connectivity index (χ3v) is 4.17. The van der Waals surface area contributed by atoms with Gasteiger partial charge in [-0.05, 0) is 60.3 Å². The van der Waals surface area contributed by atoms with E-state index >= 15 is 0 Å². The summed E-state index contributed by atoms with van der Waals surface area (Å²) in [7, 11) is 0. The van der Waals surface area contributed by atoms with E-state index in [-0.39, 0.29) is 12.5 Å². The first-order chi connectivity index (χ1) is 11.9. The van der Waals surface area contributed by atoms with Gasteiger partial charge in [-0.3, -0.25) is 0 Å². The summed E-state index contributed by atoms with van der Waals surface area (Å²) in [6, 6.07) is -1.05. The summed E-state index contributed by atoms with van der Waals surface area (Å²) >= 11 is 0. The van der Waals surface area contributed by atoms with E-state index in [1.165, 1.54) is 6.42 Å². The van der Waals surface area contributed by atoms with Gasteiger partial charge in [-0.25, -0.2) is 9.59 Å². The maximum atomic E-state index is 12.3. The van der Waals surface area contributed by atoms with Crippen LogP contribution in [0.1, 0.15) is 73.6 Å². The van der Waals surface area contributed by atoms with Crippen LogP contribution in [0.4, 0.5) is 9.59 Å². The molecule has 0 radical (unpaired) electrons. The Morgan fingerprint density at radius 1 is 0.923 bits per heavy atom. The number of hydrogen-bond donors (Lipinski definition) is 3. The van der Waals surface area contributed by atoms with Crippen molar-refractivity contribution in [1.82, 2.24) is 10.6 Å². The number of hydrogen-bond acceptors (Lipinski definition) is 5. The fourth-order valence-corrected chi connectivity index (χ4v) is 3.19. The number of alkyl carbamates (subject to hydrolysis) is 2. The molecule has 7 nitrogen and oxygen atoms in total. The second-order valence-electron chi connectivity index (χ2n) is 9.01. The van der Waals surface area contributed by atoms with E-state index in [9.17, 15) is 14.7 Å². The molecule has 0 aromatic rings. The number of amides is 2. The van der Waals surface area contributed by atoms with Crippen LogP contribution in [0.5, 0.6) is 0 Å². The van der Waals surface area contributed by atoms with Crippen LogP contribution in [0.3, 0.4) is 0 Å². The second kappa shape index (κ2) is 9.44. The molecule has 3 N–H and O–H groups in total. The first kappa shape index (κ1) is 22.5. The largest absolute Gasteiger partial charge is 0.444 e. The minimum atomic E-state index is -0.638. The Morgan fingerprint density at radius 3 is 1.81 bits per heavy atom. The van der Waals surface area contributed by atoms with Gasteiger partial charge in [0, 0.05) is 0 Å². The van der Waals surface area contributed by atoms with Crippen LogP contribution in [0.25, 0.3) is 0 Å². The molecular weight excluding hydrogens is 336 g/mol. The van der Waals surface area contributed by atoms with Gasteiger partial charge in [0.25, 0.3) is 0 Å². The summed E-state index contributed by atoms with van der Waals surface area (Å²) in [6.07, 6.45) is 4.03. The lowest BCUT2D eigenvalue weighted by molar-refractivity contribution is 0.0352. The Balaban J connectivity index is 2.85. The molecule has 26 heavy (non-hydrogen) atoms. The first-order valence-electron chi connectivity index (χ1n) is 9.51. The third kappa shape index (κ3) is 8.74. The number of rotatable bonds is 5. The fraction of sp³-hybridized carbons (Fsp3) is 0.895. The van der Waals surface area contributed by atoms with Gasteiger partial charge in [-0.15, -0.1) is 0 Å². The molecule has 152 valence electrons. The molecule has 0 heterocycles. The van der Waals surface area contributed by atoms with E-state index in [2.05, 4.69) is 10.6 Å². The van der Waals surface area contributed by atoms with Crippen molar-refractivity contribution in [1.29, 1.82) is 0 Å². The predicted molar refractivity (Wildman–Crippen MR) is 100.0 cm³/mol. The number of aliphatic hydroxyl groups is 1. The van der Waals surface area contributed by atoms with Crippen LogP contribution < -0.4 is 10.6 Å². The maximum Gasteiger partial charge on any atom is 0.408 e. The lowest BCUT2D eigenvalue weighted by Gasteiger charge is -2.36. The van der Waals surface area contributed by atoms with E-state index in [1.807, 2.05) is 0 Å². The summed E-state index contributed by atoms with van der Waals surface area (Å²) in [5.41, 5.74) is -1.25. The Morgan fingerprint density at radius 2 is 1.38 bits per heavy atom. The van der Waals surface area contributed by atoms with Gasteiger partial charge in [0.1, 0.15) is 11.2 Å². The summed E-state index contributed by atoms with van der Waals surface area (Å²) in [5.74, 6) is 0.170. The summed E-state index contributed by atoms with van der Waals surface area (Å²) < 4.78 is 10.7. The quantitative estimate of drug-likeness (QED) is 0.688. The van der Waals surface area contributed by atoms with Crippen molar-refractivity contribution in [3.8, 4) is 0 Å². The zero-order chi connectivity index (χ0) is 20.0. The van der Waals surface area contributed by atoms with Crippen molar-refractivity contribution < 1.29 is 24.2 Å². The molecule has 0 spiro atoms. The highest BCUT2D eigenvalue weighted by Gasteiger charge is 2.34. The molecule has 1 aliphatic carbocycles. The van der Waals surface area contributed by atoms with E-state index in [4.69, 9.17) is 9.47 Å².